The molecule has 2 N–H and O–H groups in total. The van der Waals surface area contributed by atoms with Crippen LogP contribution in [0.25, 0.3) is 16.9 Å². The van der Waals surface area contributed by atoms with E-state index in [0.717, 1.165) is 61.1 Å². The van der Waals surface area contributed by atoms with E-state index in [4.69, 9.17) is 9.97 Å². The van der Waals surface area contributed by atoms with Crippen molar-refractivity contribution in [3.8, 4) is 5.82 Å². The molecular formula is C33H38N8O2. The first-order valence-corrected chi connectivity index (χ1v) is 15.5. The third-order valence-electron chi connectivity index (χ3n) is 10.5. The summed E-state index contributed by atoms with van der Waals surface area (Å²) >= 11 is 0. The maximum absolute atomic E-state index is 13.5. The summed E-state index contributed by atoms with van der Waals surface area (Å²) in [5, 5.41) is 15.5. The highest BCUT2D eigenvalue weighted by atomic mass is 16.3. The number of aliphatic hydroxyl groups is 1. The van der Waals surface area contributed by atoms with Crippen molar-refractivity contribution in [1.82, 2.24) is 29.2 Å². The summed E-state index contributed by atoms with van der Waals surface area (Å²) in [4.78, 5) is 32.7. The van der Waals surface area contributed by atoms with Gasteiger partial charge in [0.15, 0.2) is 11.5 Å². The van der Waals surface area contributed by atoms with Crippen molar-refractivity contribution in [3.05, 3.63) is 76.9 Å². The van der Waals surface area contributed by atoms with Crippen LogP contribution in [0.2, 0.25) is 0 Å². The zero-order valence-corrected chi connectivity index (χ0v) is 24.8. The lowest BCUT2D eigenvalue weighted by Gasteiger charge is -2.29. The van der Waals surface area contributed by atoms with Crippen LogP contribution < -0.4 is 15.8 Å². The molecule has 8 rings (SSSR count). The number of nitrogens with zero attached hydrogens (tertiary/aromatic N) is 7. The predicted octanol–water partition coefficient (Wildman–Crippen LogP) is 3.84. The Balaban J connectivity index is 1.12. The fraction of sp³-hybridized carbons (Fsp3) is 0.455. The van der Waals surface area contributed by atoms with Crippen molar-refractivity contribution in [3.63, 3.8) is 0 Å². The summed E-state index contributed by atoms with van der Waals surface area (Å²) in [5.74, 6) is 2.44. The number of likely N-dealkylation sites (tertiary alicyclic amines) is 1. The van der Waals surface area contributed by atoms with Crippen molar-refractivity contribution in [1.29, 1.82) is 0 Å². The number of rotatable bonds is 7. The Morgan fingerprint density at radius 3 is 2.49 bits per heavy atom. The molecule has 3 atom stereocenters. The molecule has 222 valence electrons. The van der Waals surface area contributed by atoms with Crippen LogP contribution >= 0.6 is 0 Å². The lowest BCUT2D eigenvalue weighted by molar-refractivity contribution is -0.0324. The summed E-state index contributed by atoms with van der Waals surface area (Å²) in [5.41, 5.74) is 3.12. The number of anilines is 3. The number of pyridine rings is 1. The third kappa shape index (κ3) is 3.99. The fourth-order valence-corrected chi connectivity index (χ4v) is 8.07. The van der Waals surface area contributed by atoms with Crippen molar-refractivity contribution in [2.75, 3.05) is 43.4 Å². The molecule has 1 aromatic carbocycles. The van der Waals surface area contributed by atoms with Gasteiger partial charge < -0.3 is 20.2 Å². The summed E-state index contributed by atoms with van der Waals surface area (Å²) in [6.07, 6.45) is 6.73. The molecule has 2 saturated heterocycles. The Kier molecular flexibility index (Phi) is 5.87. The average Bonchev–Trinajstić information content (AvgIpc) is 3.33. The summed E-state index contributed by atoms with van der Waals surface area (Å²) in [6.45, 7) is 10.7. The van der Waals surface area contributed by atoms with Gasteiger partial charge in [-0.3, -0.25) is 4.79 Å². The number of hydrogen-bond acceptors (Lipinski definition) is 8. The molecule has 0 bridgehead atoms. The normalized spacial score (nSPS) is 25.4. The summed E-state index contributed by atoms with van der Waals surface area (Å²) < 4.78 is 3.32. The van der Waals surface area contributed by atoms with Crippen LogP contribution in [-0.4, -0.2) is 67.5 Å². The lowest BCUT2D eigenvalue weighted by atomic mass is 9.84. The average molecular weight is 579 g/mol. The second-order valence-corrected chi connectivity index (χ2v) is 13.1. The van der Waals surface area contributed by atoms with Gasteiger partial charge in [-0.2, -0.15) is 4.98 Å². The molecule has 10 nitrogen and oxygen atoms in total. The second-order valence-electron chi connectivity index (χ2n) is 13.1. The Labute approximate surface area is 250 Å². The SMILES string of the molecule is C=CCn1c(=O)c2cnc(Nc3ccc(N4C[C@H]5CN(C)C[C@H]5C4)cc3)nc2n1-c1ccc2c(n1)C(O)(CC)C1(CC1)C2. The van der Waals surface area contributed by atoms with Crippen LogP contribution in [0.1, 0.15) is 37.4 Å². The first-order valence-electron chi connectivity index (χ1n) is 15.5. The molecule has 3 fully saturated rings. The van der Waals surface area contributed by atoms with Crippen molar-refractivity contribution >= 4 is 28.4 Å². The first kappa shape index (κ1) is 26.6. The molecule has 10 heteroatoms. The van der Waals surface area contributed by atoms with Gasteiger partial charge in [0.2, 0.25) is 5.95 Å². The minimum absolute atomic E-state index is 0.103. The molecule has 1 spiro atoms. The number of benzene rings is 1. The molecule has 4 aliphatic rings. The van der Waals surface area contributed by atoms with E-state index in [1.807, 2.05) is 19.1 Å². The van der Waals surface area contributed by atoms with Gasteiger partial charge in [0.05, 0.1) is 12.2 Å². The van der Waals surface area contributed by atoms with E-state index >= 15 is 0 Å². The molecule has 4 aromatic rings. The molecule has 2 aliphatic carbocycles. The van der Waals surface area contributed by atoms with Gasteiger partial charge in [-0.1, -0.05) is 19.1 Å². The smallest absolute Gasteiger partial charge is 0.278 e. The van der Waals surface area contributed by atoms with Gasteiger partial charge in [-0.25, -0.2) is 19.3 Å². The van der Waals surface area contributed by atoms with E-state index in [0.29, 0.717) is 29.2 Å². The maximum Gasteiger partial charge on any atom is 0.278 e. The lowest BCUT2D eigenvalue weighted by Crippen LogP contribution is -2.33. The van der Waals surface area contributed by atoms with Gasteiger partial charge in [0, 0.05) is 49.2 Å². The molecule has 0 amide bonds. The zero-order valence-electron chi connectivity index (χ0n) is 24.8. The minimum atomic E-state index is -0.955. The summed E-state index contributed by atoms with van der Waals surface area (Å²) in [7, 11) is 2.22. The van der Waals surface area contributed by atoms with Gasteiger partial charge in [0.25, 0.3) is 5.56 Å². The van der Waals surface area contributed by atoms with E-state index in [2.05, 4.69) is 58.0 Å². The van der Waals surface area contributed by atoms with E-state index in [1.54, 1.807) is 21.6 Å². The van der Waals surface area contributed by atoms with Crippen LogP contribution in [0, 0.1) is 17.3 Å². The number of nitrogens with one attached hydrogen (secondary N) is 1. The second kappa shape index (κ2) is 9.49. The molecule has 0 radical (unpaired) electrons. The molecule has 2 aliphatic heterocycles. The predicted molar refractivity (Wildman–Crippen MR) is 167 cm³/mol. The highest BCUT2D eigenvalue weighted by molar-refractivity contribution is 5.77. The Morgan fingerprint density at radius 1 is 1.07 bits per heavy atom. The third-order valence-corrected chi connectivity index (χ3v) is 10.5. The molecule has 43 heavy (non-hydrogen) atoms. The minimum Gasteiger partial charge on any atom is -0.383 e. The topological polar surface area (TPSA) is 104 Å². The largest absolute Gasteiger partial charge is 0.383 e. The molecule has 3 aromatic heterocycles. The monoisotopic (exact) mass is 578 g/mol. The van der Waals surface area contributed by atoms with Crippen LogP contribution in [0.4, 0.5) is 17.3 Å². The van der Waals surface area contributed by atoms with Crippen molar-refractivity contribution in [2.45, 2.75) is 44.8 Å². The maximum atomic E-state index is 13.5. The molecular weight excluding hydrogens is 540 g/mol. The zero-order chi connectivity index (χ0) is 29.5. The van der Waals surface area contributed by atoms with Crippen LogP contribution in [0.15, 0.2) is 60.0 Å². The summed E-state index contributed by atoms with van der Waals surface area (Å²) in [6, 6.07) is 12.4. The standard InChI is InChI=1S/C33H38N8O2/c1-4-14-40-30(42)26-16-34-31(35-24-7-9-25(10-8-24)39-19-22-17-38(3)18-23(22)20-39)37-29(26)41(40)27-11-6-21-15-32(12-13-32)33(43,5-2)28(21)36-27/h4,6-11,16,22-23,43H,1,5,12-15,17-20H2,2-3H3,(H,34,35,37)/t22-,23+,33?. The van der Waals surface area contributed by atoms with Crippen LogP contribution in [-0.2, 0) is 18.6 Å². The number of fused-ring (bicyclic) bond motifs is 3. The van der Waals surface area contributed by atoms with Crippen molar-refractivity contribution in [2.24, 2.45) is 17.3 Å². The fourth-order valence-electron chi connectivity index (χ4n) is 8.07. The highest BCUT2D eigenvalue weighted by Gasteiger charge is 2.63. The van der Waals surface area contributed by atoms with Gasteiger partial charge in [-0.15, -0.1) is 6.58 Å². The number of allylic oxidation sites excluding steroid dienone is 1. The molecule has 1 saturated carbocycles. The van der Waals surface area contributed by atoms with Crippen molar-refractivity contribution < 1.29 is 5.11 Å². The Bertz CT molecular complexity index is 1790. The van der Waals surface area contributed by atoms with Crippen LogP contribution in [0.5, 0.6) is 0 Å². The van der Waals surface area contributed by atoms with E-state index in [9.17, 15) is 9.90 Å². The molecule has 1 unspecified atom stereocenters. The first-order chi connectivity index (χ1) is 20.8. The highest BCUT2D eigenvalue weighted by Crippen LogP contribution is 2.65. The Morgan fingerprint density at radius 2 is 1.81 bits per heavy atom. The van der Waals surface area contributed by atoms with Gasteiger partial charge in [-0.05, 0) is 80.5 Å². The van der Waals surface area contributed by atoms with Crippen LogP contribution in [0.3, 0.4) is 0 Å². The van der Waals surface area contributed by atoms with Gasteiger partial charge in [0.1, 0.15) is 11.0 Å². The Hall–Kier alpha value is -4.02. The number of hydrogen-bond donors (Lipinski definition) is 2. The van der Waals surface area contributed by atoms with E-state index in [1.165, 1.54) is 18.8 Å². The van der Waals surface area contributed by atoms with E-state index in [-0.39, 0.29) is 17.5 Å². The number of aromatic nitrogens is 5. The molecule has 5 heterocycles. The van der Waals surface area contributed by atoms with Gasteiger partial charge >= 0.3 is 0 Å². The van der Waals surface area contributed by atoms with E-state index < -0.39 is 5.60 Å². The quantitative estimate of drug-likeness (QED) is 0.319.